The highest BCUT2D eigenvalue weighted by atomic mass is 32.1. The van der Waals surface area contributed by atoms with E-state index in [1.807, 2.05) is 29.5 Å². The van der Waals surface area contributed by atoms with Gasteiger partial charge in [-0.3, -0.25) is 14.2 Å². The van der Waals surface area contributed by atoms with E-state index in [1.165, 1.54) is 0 Å². The number of aryl methyl sites for hydroxylation is 2. The molecule has 0 spiro atoms. The molecule has 23 heavy (non-hydrogen) atoms. The van der Waals surface area contributed by atoms with Crippen molar-refractivity contribution in [2.75, 3.05) is 0 Å². The quantitative estimate of drug-likeness (QED) is 0.586. The van der Waals surface area contributed by atoms with Gasteiger partial charge in [0.2, 0.25) is 0 Å². The normalized spacial score (nSPS) is 11.6. The molecule has 0 unspecified atom stereocenters. The van der Waals surface area contributed by atoms with Crippen molar-refractivity contribution in [1.29, 1.82) is 0 Å². The number of carbonyl (C=O) groups excluding carboxylic acids is 1. The number of rotatable bonds is 3. The van der Waals surface area contributed by atoms with Crippen LogP contribution < -0.4 is 5.76 Å². The number of aldehydes is 1. The van der Waals surface area contributed by atoms with E-state index in [2.05, 4.69) is 16.9 Å². The van der Waals surface area contributed by atoms with Crippen LogP contribution >= 0.6 is 11.3 Å². The van der Waals surface area contributed by atoms with Crippen molar-refractivity contribution in [3.8, 4) is 11.3 Å². The summed E-state index contributed by atoms with van der Waals surface area (Å²) in [6.07, 6.45) is 1.66. The Bertz CT molecular complexity index is 1110. The number of H-pyrrole nitrogens is 1. The first-order valence-electron chi connectivity index (χ1n) is 7.21. The molecule has 4 aromatic rings. The number of benzene rings is 1. The summed E-state index contributed by atoms with van der Waals surface area (Å²) < 4.78 is 7.04. The largest absolute Gasteiger partial charge is 0.417 e. The fourth-order valence-electron chi connectivity index (χ4n) is 2.84. The maximum absolute atomic E-state index is 11.5. The number of nitrogens with zero attached hydrogens (tertiary/aromatic N) is 2. The third-order valence-corrected chi connectivity index (χ3v) is 5.08. The summed E-state index contributed by atoms with van der Waals surface area (Å²) >= 11 is 1.57. The molecular formula is C16H13N3O3S. The molecule has 3 heterocycles. The molecule has 0 amide bonds. The zero-order valence-electron chi connectivity index (χ0n) is 12.5. The Kier molecular flexibility index (Phi) is 2.99. The smallest absolute Gasteiger partial charge is 0.408 e. The fourth-order valence-corrected chi connectivity index (χ4v) is 3.98. The molecule has 0 aliphatic carbocycles. The molecule has 4 rings (SSSR count). The van der Waals surface area contributed by atoms with Gasteiger partial charge in [0.1, 0.15) is 5.69 Å². The van der Waals surface area contributed by atoms with Gasteiger partial charge in [0, 0.05) is 10.4 Å². The second kappa shape index (κ2) is 4.92. The minimum Gasteiger partial charge on any atom is -0.408 e. The van der Waals surface area contributed by atoms with Gasteiger partial charge in [-0.25, -0.2) is 9.78 Å². The van der Waals surface area contributed by atoms with Crippen molar-refractivity contribution in [3.63, 3.8) is 0 Å². The van der Waals surface area contributed by atoms with Crippen LogP contribution in [0.1, 0.15) is 28.0 Å². The van der Waals surface area contributed by atoms with Gasteiger partial charge < -0.3 is 4.42 Å². The summed E-state index contributed by atoms with van der Waals surface area (Å²) in [6, 6.07) is 5.54. The molecule has 0 saturated carbocycles. The number of carbonyl (C=O) groups is 1. The van der Waals surface area contributed by atoms with Crippen molar-refractivity contribution in [3.05, 3.63) is 45.0 Å². The molecule has 0 aliphatic rings. The monoisotopic (exact) mass is 327 g/mol. The third-order valence-electron chi connectivity index (χ3n) is 3.90. The zero-order chi connectivity index (χ0) is 16.1. The van der Waals surface area contributed by atoms with Gasteiger partial charge >= 0.3 is 5.76 Å². The van der Waals surface area contributed by atoms with Crippen LogP contribution in [-0.4, -0.2) is 20.7 Å². The average Bonchev–Trinajstić information content (AvgIpc) is 3.15. The molecule has 0 saturated heterocycles. The minimum atomic E-state index is -0.476. The predicted molar refractivity (Wildman–Crippen MR) is 88.4 cm³/mol. The number of oxazole rings is 1. The van der Waals surface area contributed by atoms with Gasteiger partial charge in [-0.05, 0) is 25.5 Å². The average molecular weight is 327 g/mol. The third kappa shape index (κ3) is 1.97. The minimum absolute atomic E-state index is 0.476. The number of imidazole rings is 1. The first kappa shape index (κ1) is 14.0. The predicted octanol–water partition coefficient (Wildman–Crippen LogP) is 3.18. The molecule has 0 radical (unpaired) electrons. The number of fused-ring (bicyclic) bond motifs is 2. The van der Waals surface area contributed by atoms with Gasteiger partial charge in [-0.2, -0.15) is 0 Å². The Balaban J connectivity index is 2.08. The van der Waals surface area contributed by atoms with Crippen molar-refractivity contribution in [2.45, 2.75) is 20.3 Å². The van der Waals surface area contributed by atoms with Crippen molar-refractivity contribution < 1.29 is 9.21 Å². The zero-order valence-corrected chi connectivity index (χ0v) is 13.4. The van der Waals surface area contributed by atoms with Gasteiger partial charge in [-0.15, -0.1) is 11.3 Å². The lowest BCUT2D eigenvalue weighted by Crippen LogP contribution is -1.96. The van der Waals surface area contributed by atoms with Crippen LogP contribution in [0, 0.1) is 6.92 Å². The first-order valence-corrected chi connectivity index (χ1v) is 8.03. The highest BCUT2D eigenvalue weighted by molar-refractivity contribution is 7.17. The molecule has 3 aromatic heterocycles. The fraction of sp³-hybridized carbons (Fsp3) is 0.188. The summed E-state index contributed by atoms with van der Waals surface area (Å²) in [4.78, 5) is 31.9. The van der Waals surface area contributed by atoms with E-state index in [9.17, 15) is 9.59 Å². The van der Waals surface area contributed by atoms with E-state index >= 15 is 0 Å². The number of hydrogen-bond acceptors (Lipinski definition) is 5. The van der Waals surface area contributed by atoms with Crippen LogP contribution in [0.4, 0.5) is 0 Å². The van der Waals surface area contributed by atoms with Crippen LogP contribution in [0.25, 0.3) is 27.3 Å². The van der Waals surface area contributed by atoms with Crippen LogP contribution in [0.2, 0.25) is 0 Å². The second-order valence-electron chi connectivity index (χ2n) is 5.27. The lowest BCUT2D eigenvalue weighted by molar-refractivity contribution is 0.111. The maximum atomic E-state index is 11.5. The van der Waals surface area contributed by atoms with E-state index < -0.39 is 5.76 Å². The van der Waals surface area contributed by atoms with Crippen molar-refractivity contribution >= 4 is 33.7 Å². The van der Waals surface area contributed by atoms with E-state index in [4.69, 9.17) is 4.42 Å². The molecular weight excluding hydrogens is 314 g/mol. The number of hydrogen-bond donors (Lipinski definition) is 1. The molecule has 1 aromatic carbocycles. The SMILES string of the molecule is CCc1sc2nc(C)c(C=O)n2c1-c1ccc2[nH]c(=O)oc2c1. The maximum Gasteiger partial charge on any atom is 0.417 e. The lowest BCUT2D eigenvalue weighted by atomic mass is 10.1. The van der Waals surface area contributed by atoms with Crippen LogP contribution in [0.5, 0.6) is 0 Å². The number of thiazole rings is 1. The Morgan fingerprint density at radius 3 is 3.00 bits per heavy atom. The summed E-state index contributed by atoms with van der Waals surface area (Å²) in [6.45, 7) is 3.89. The van der Waals surface area contributed by atoms with Crippen molar-refractivity contribution in [1.82, 2.24) is 14.4 Å². The van der Waals surface area contributed by atoms with Gasteiger partial charge in [0.25, 0.3) is 0 Å². The molecule has 0 atom stereocenters. The number of nitrogens with one attached hydrogen (secondary N) is 1. The molecule has 116 valence electrons. The summed E-state index contributed by atoms with van der Waals surface area (Å²) in [5.74, 6) is -0.476. The summed E-state index contributed by atoms with van der Waals surface area (Å²) in [7, 11) is 0. The van der Waals surface area contributed by atoms with Gasteiger partial charge in [0.15, 0.2) is 16.8 Å². The van der Waals surface area contributed by atoms with Crippen LogP contribution in [-0.2, 0) is 6.42 Å². The van der Waals surface area contributed by atoms with E-state index in [1.54, 1.807) is 11.3 Å². The summed E-state index contributed by atoms with van der Waals surface area (Å²) in [5.41, 5.74) is 4.25. The Labute approximate surface area is 134 Å². The first-order chi connectivity index (χ1) is 11.1. The van der Waals surface area contributed by atoms with Crippen molar-refractivity contribution in [2.24, 2.45) is 0 Å². The van der Waals surface area contributed by atoms with Gasteiger partial charge in [-0.1, -0.05) is 13.0 Å². The highest BCUT2D eigenvalue weighted by Gasteiger charge is 2.19. The molecule has 1 N–H and O–H groups in total. The Morgan fingerprint density at radius 1 is 1.43 bits per heavy atom. The Morgan fingerprint density at radius 2 is 2.26 bits per heavy atom. The second-order valence-corrected chi connectivity index (χ2v) is 6.33. The van der Waals surface area contributed by atoms with E-state index in [0.717, 1.165) is 33.8 Å². The standard InChI is InChI=1S/C16H13N3O3S/c1-3-13-14(19-11(7-20)8(2)17-15(19)23-13)9-4-5-10-12(6-9)22-16(21)18-10/h4-7H,3H2,1-2H3,(H,18,21). The topological polar surface area (TPSA) is 80.4 Å². The Hall–Kier alpha value is -2.67. The molecule has 7 heteroatoms. The molecule has 0 bridgehead atoms. The number of aromatic nitrogens is 3. The molecule has 0 fully saturated rings. The lowest BCUT2D eigenvalue weighted by Gasteiger charge is -2.05. The van der Waals surface area contributed by atoms with Gasteiger partial charge in [0.05, 0.1) is 16.9 Å². The van der Waals surface area contributed by atoms with Crippen LogP contribution in [0.3, 0.4) is 0 Å². The van der Waals surface area contributed by atoms with E-state index in [0.29, 0.717) is 22.5 Å². The van der Waals surface area contributed by atoms with E-state index in [-0.39, 0.29) is 0 Å². The molecule has 6 nitrogen and oxygen atoms in total. The summed E-state index contributed by atoms with van der Waals surface area (Å²) in [5, 5.41) is 0. The van der Waals surface area contributed by atoms with Crippen LogP contribution in [0.15, 0.2) is 27.4 Å². The highest BCUT2D eigenvalue weighted by Crippen LogP contribution is 2.34. The molecule has 0 aliphatic heterocycles. The number of aromatic amines is 1.